The number of benzene rings is 1. The monoisotopic (exact) mass is 345 g/mol. The van der Waals surface area contributed by atoms with Gasteiger partial charge in [-0.2, -0.15) is 0 Å². The van der Waals surface area contributed by atoms with E-state index < -0.39 is 5.82 Å². The Morgan fingerprint density at radius 1 is 1.29 bits per heavy atom. The van der Waals surface area contributed by atoms with Crippen LogP contribution in [0.25, 0.3) is 0 Å². The Kier molecular flexibility index (Phi) is 6.06. The number of thiophene rings is 1. The van der Waals surface area contributed by atoms with Gasteiger partial charge in [0.05, 0.1) is 5.02 Å². The van der Waals surface area contributed by atoms with Gasteiger partial charge in [-0.05, 0) is 42.5 Å². The van der Waals surface area contributed by atoms with Gasteiger partial charge in [-0.25, -0.2) is 4.39 Å². The average Bonchev–Trinajstić information content (AvgIpc) is 2.96. The molecule has 1 N–H and O–H groups in total. The van der Waals surface area contributed by atoms with Crippen molar-refractivity contribution >= 4 is 34.5 Å². The van der Waals surface area contributed by atoms with Gasteiger partial charge in [-0.3, -0.25) is 0 Å². The fraction of sp³-hybridized carbons (Fsp3) is 0.375. The largest absolute Gasteiger partial charge is 0.303 e. The number of halogens is 3. The van der Waals surface area contributed by atoms with E-state index in [9.17, 15) is 4.39 Å². The minimum atomic E-state index is -0.437. The lowest BCUT2D eigenvalue weighted by Crippen LogP contribution is -2.24. The van der Waals surface area contributed by atoms with Crippen molar-refractivity contribution in [3.63, 3.8) is 0 Å². The Balaban J connectivity index is 2.19. The van der Waals surface area contributed by atoms with Crippen molar-refractivity contribution < 1.29 is 4.39 Å². The molecule has 2 aromatic rings. The summed E-state index contributed by atoms with van der Waals surface area (Å²) in [6.07, 6.45) is 2.10. The molecule has 0 aliphatic rings. The summed E-state index contributed by atoms with van der Waals surface area (Å²) in [5, 5.41) is 6.15. The van der Waals surface area contributed by atoms with Gasteiger partial charge in [-0.15, -0.1) is 11.3 Å². The molecule has 0 aliphatic heterocycles. The summed E-state index contributed by atoms with van der Waals surface area (Å²) in [6, 6.07) is 7.24. The highest BCUT2D eigenvalue weighted by Crippen LogP contribution is 2.32. The Hall–Kier alpha value is -0.610. The molecule has 0 fully saturated rings. The molecule has 2 rings (SSSR count). The second-order valence-electron chi connectivity index (χ2n) is 5.03. The van der Waals surface area contributed by atoms with E-state index in [1.54, 1.807) is 11.3 Å². The van der Waals surface area contributed by atoms with E-state index in [1.807, 2.05) is 13.0 Å². The van der Waals surface area contributed by atoms with Crippen LogP contribution in [-0.4, -0.2) is 0 Å². The third-order valence-corrected chi connectivity index (χ3v) is 5.02. The molecular weight excluding hydrogens is 328 g/mol. The lowest BCUT2D eigenvalue weighted by Gasteiger charge is -2.23. The topological polar surface area (TPSA) is 12.0 Å². The molecule has 1 nitrogen and oxygen atoms in total. The number of rotatable bonds is 6. The number of nitrogens with one attached hydrogen (secondary N) is 1. The first kappa shape index (κ1) is 16.8. The second-order valence-corrected chi connectivity index (χ2v) is 6.83. The van der Waals surface area contributed by atoms with E-state index in [2.05, 4.69) is 23.7 Å². The lowest BCUT2D eigenvalue weighted by molar-refractivity contribution is 0.443. The van der Waals surface area contributed by atoms with Gasteiger partial charge in [-0.1, -0.05) is 42.6 Å². The van der Waals surface area contributed by atoms with E-state index in [1.165, 1.54) is 17.0 Å². The van der Waals surface area contributed by atoms with Crippen LogP contribution in [0.15, 0.2) is 29.6 Å². The van der Waals surface area contributed by atoms with Gasteiger partial charge in [0.1, 0.15) is 5.82 Å². The summed E-state index contributed by atoms with van der Waals surface area (Å²) in [6.45, 7) is 4.15. The third kappa shape index (κ3) is 4.19. The molecule has 0 saturated carbocycles. The molecule has 21 heavy (non-hydrogen) atoms. The highest BCUT2D eigenvalue weighted by Gasteiger charge is 2.18. The fourth-order valence-electron chi connectivity index (χ4n) is 2.35. The standard InChI is InChI=1S/C16H18Cl2FNS/c1-3-5-15(16-6-4-7-21-16)20-10(2)11-8-14(19)13(18)9-12(11)17/h4,6-10,15,20H,3,5H2,1-2H3. The Morgan fingerprint density at radius 2 is 2.05 bits per heavy atom. The lowest BCUT2D eigenvalue weighted by atomic mass is 10.0. The Bertz CT molecular complexity index is 586. The molecule has 5 heteroatoms. The SMILES string of the molecule is CCCC(NC(C)c1cc(F)c(Cl)cc1Cl)c1cccs1. The quantitative estimate of drug-likeness (QED) is 0.598. The molecule has 2 atom stereocenters. The zero-order valence-corrected chi connectivity index (χ0v) is 14.3. The average molecular weight is 346 g/mol. The smallest absolute Gasteiger partial charge is 0.142 e. The first-order chi connectivity index (χ1) is 10.0. The summed E-state index contributed by atoms with van der Waals surface area (Å²) in [7, 11) is 0. The van der Waals surface area contributed by atoms with Crippen molar-refractivity contribution in [3.05, 3.63) is 55.9 Å². The first-order valence-corrected chi connectivity index (χ1v) is 8.60. The molecule has 0 aliphatic carbocycles. The summed E-state index contributed by atoms with van der Waals surface area (Å²) in [5.74, 6) is -0.437. The second kappa shape index (κ2) is 7.59. The van der Waals surface area contributed by atoms with Gasteiger partial charge >= 0.3 is 0 Å². The van der Waals surface area contributed by atoms with Crippen LogP contribution in [0.3, 0.4) is 0 Å². The summed E-state index contributed by atoms with van der Waals surface area (Å²) in [5.41, 5.74) is 0.733. The minimum absolute atomic E-state index is 0.0529. The van der Waals surface area contributed by atoms with Crippen LogP contribution in [-0.2, 0) is 0 Å². The molecule has 0 saturated heterocycles. The first-order valence-electron chi connectivity index (χ1n) is 6.96. The highest BCUT2D eigenvalue weighted by atomic mass is 35.5. The van der Waals surface area contributed by atoms with E-state index in [0.717, 1.165) is 18.4 Å². The Morgan fingerprint density at radius 3 is 2.67 bits per heavy atom. The number of hydrogen-bond acceptors (Lipinski definition) is 2. The predicted octanol–water partition coefficient (Wildman–Crippen LogP) is 6.39. The van der Waals surface area contributed by atoms with Crippen molar-refractivity contribution in [2.24, 2.45) is 0 Å². The maximum atomic E-state index is 13.7. The minimum Gasteiger partial charge on any atom is -0.303 e. The van der Waals surface area contributed by atoms with E-state index in [0.29, 0.717) is 5.02 Å². The predicted molar refractivity (Wildman–Crippen MR) is 89.9 cm³/mol. The molecule has 0 spiro atoms. The maximum Gasteiger partial charge on any atom is 0.142 e. The van der Waals surface area contributed by atoms with Crippen LogP contribution < -0.4 is 5.32 Å². The number of hydrogen-bond donors (Lipinski definition) is 1. The van der Waals surface area contributed by atoms with Crippen LogP contribution in [0.1, 0.15) is 49.2 Å². The fourth-order valence-corrected chi connectivity index (χ4v) is 3.72. The van der Waals surface area contributed by atoms with E-state index >= 15 is 0 Å². The maximum absolute atomic E-state index is 13.7. The van der Waals surface area contributed by atoms with Crippen molar-refractivity contribution in [2.75, 3.05) is 0 Å². The van der Waals surface area contributed by atoms with Crippen molar-refractivity contribution in [1.29, 1.82) is 0 Å². The van der Waals surface area contributed by atoms with Gasteiger partial charge in [0, 0.05) is 22.0 Å². The van der Waals surface area contributed by atoms with Crippen LogP contribution >= 0.6 is 34.5 Å². The molecular formula is C16H18Cl2FNS. The summed E-state index contributed by atoms with van der Waals surface area (Å²) >= 11 is 13.7. The van der Waals surface area contributed by atoms with Gasteiger partial charge in [0.15, 0.2) is 0 Å². The van der Waals surface area contributed by atoms with Gasteiger partial charge in [0.25, 0.3) is 0 Å². The van der Waals surface area contributed by atoms with Crippen molar-refractivity contribution in [2.45, 2.75) is 38.8 Å². The van der Waals surface area contributed by atoms with Crippen molar-refractivity contribution in [3.8, 4) is 0 Å². The van der Waals surface area contributed by atoms with Crippen LogP contribution in [0.2, 0.25) is 10.0 Å². The van der Waals surface area contributed by atoms with Crippen molar-refractivity contribution in [1.82, 2.24) is 5.32 Å². The van der Waals surface area contributed by atoms with Crippen LogP contribution in [0, 0.1) is 5.82 Å². The van der Waals surface area contributed by atoms with Crippen LogP contribution in [0.4, 0.5) is 4.39 Å². The molecule has 1 aromatic carbocycles. The highest BCUT2D eigenvalue weighted by molar-refractivity contribution is 7.10. The third-order valence-electron chi connectivity index (χ3n) is 3.42. The van der Waals surface area contributed by atoms with E-state index in [4.69, 9.17) is 23.2 Å². The van der Waals surface area contributed by atoms with E-state index in [-0.39, 0.29) is 17.1 Å². The van der Waals surface area contributed by atoms with Gasteiger partial charge in [0.2, 0.25) is 0 Å². The molecule has 0 bridgehead atoms. The molecule has 2 unspecified atom stereocenters. The normalized spacial score (nSPS) is 14.1. The van der Waals surface area contributed by atoms with Gasteiger partial charge < -0.3 is 5.32 Å². The molecule has 1 heterocycles. The molecule has 114 valence electrons. The zero-order valence-electron chi connectivity index (χ0n) is 12.0. The van der Waals surface area contributed by atoms with Crippen LogP contribution in [0.5, 0.6) is 0 Å². The molecule has 1 aromatic heterocycles. The Labute approximate surface area is 139 Å². The summed E-state index contributed by atoms with van der Waals surface area (Å²) in [4.78, 5) is 1.29. The summed E-state index contributed by atoms with van der Waals surface area (Å²) < 4.78 is 13.7. The molecule has 0 radical (unpaired) electrons. The zero-order chi connectivity index (χ0) is 15.4. The molecule has 0 amide bonds.